The predicted octanol–water partition coefficient (Wildman–Crippen LogP) is 2.99. The molecule has 3 aliphatic rings. The fraction of sp³-hybridized carbons (Fsp3) is 0.375. The summed E-state index contributed by atoms with van der Waals surface area (Å²) in [5.74, 6) is 0.523. The van der Waals surface area contributed by atoms with Crippen molar-refractivity contribution in [2.45, 2.75) is 44.2 Å². The second kappa shape index (κ2) is 9.11. The Balaban J connectivity index is 1.56. The van der Waals surface area contributed by atoms with Gasteiger partial charge in [0.1, 0.15) is 5.75 Å². The quantitative estimate of drug-likeness (QED) is 0.602. The first-order valence-corrected chi connectivity index (χ1v) is 10.5. The van der Waals surface area contributed by atoms with Gasteiger partial charge in [0, 0.05) is 12.1 Å². The zero-order chi connectivity index (χ0) is 20.9. The van der Waals surface area contributed by atoms with E-state index in [2.05, 4.69) is 5.32 Å². The number of nitrogens with one attached hydrogen (secondary N) is 1. The summed E-state index contributed by atoms with van der Waals surface area (Å²) in [6.07, 6.45) is 14.3. The Morgan fingerprint density at radius 3 is 2.70 bits per heavy atom. The van der Waals surface area contributed by atoms with E-state index in [0.29, 0.717) is 5.71 Å². The number of rotatable bonds is 5. The third-order valence-corrected chi connectivity index (χ3v) is 5.66. The topological polar surface area (TPSA) is 67.6 Å². The average Bonchev–Trinajstić information content (AvgIpc) is 2.78. The summed E-state index contributed by atoms with van der Waals surface area (Å²) in [7, 11) is 1.61. The summed E-state index contributed by atoms with van der Waals surface area (Å²) in [6.45, 7) is -0.0113. The lowest BCUT2D eigenvalue weighted by molar-refractivity contribution is -0.443. The van der Waals surface area contributed by atoms with Crippen LogP contribution in [0.15, 0.2) is 54.3 Å². The maximum atomic E-state index is 13.2. The Labute approximate surface area is 176 Å². The van der Waals surface area contributed by atoms with Gasteiger partial charge in [-0.1, -0.05) is 43.5 Å². The second-order valence-corrected chi connectivity index (χ2v) is 7.78. The molecule has 6 heteroatoms. The van der Waals surface area contributed by atoms with Crippen LogP contribution in [0.5, 0.6) is 5.75 Å². The van der Waals surface area contributed by atoms with Gasteiger partial charge < -0.3 is 14.8 Å². The first kappa shape index (κ1) is 20.1. The molecule has 0 aromatic heterocycles. The molecule has 2 aliphatic carbocycles. The van der Waals surface area contributed by atoms with Crippen LogP contribution in [-0.2, 0) is 14.3 Å². The average molecular weight is 407 g/mol. The largest absolute Gasteiger partial charge is 0.497 e. The highest BCUT2D eigenvalue weighted by molar-refractivity contribution is 6.06. The lowest BCUT2D eigenvalue weighted by Gasteiger charge is -2.24. The van der Waals surface area contributed by atoms with Crippen molar-refractivity contribution in [3.63, 3.8) is 0 Å². The third-order valence-electron chi connectivity index (χ3n) is 5.66. The van der Waals surface area contributed by atoms with Gasteiger partial charge in [0.2, 0.25) is 24.1 Å². The molecule has 0 saturated heterocycles. The zero-order valence-electron chi connectivity index (χ0n) is 17.2. The molecule has 156 valence electrons. The summed E-state index contributed by atoms with van der Waals surface area (Å²) >= 11 is 0. The molecule has 1 atom stereocenters. The highest BCUT2D eigenvalue weighted by Gasteiger charge is 2.40. The minimum Gasteiger partial charge on any atom is -0.497 e. The van der Waals surface area contributed by atoms with Gasteiger partial charge >= 0.3 is 5.91 Å². The number of methoxy groups -OCH3 is 1. The molecule has 1 fully saturated rings. The molecule has 6 nitrogen and oxygen atoms in total. The molecule has 4 rings (SSSR count). The van der Waals surface area contributed by atoms with E-state index in [1.165, 1.54) is 11.0 Å². The van der Waals surface area contributed by atoms with Crippen LogP contribution >= 0.6 is 0 Å². The van der Waals surface area contributed by atoms with Crippen LogP contribution in [0.4, 0.5) is 0 Å². The minimum atomic E-state index is -0.389. The van der Waals surface area contributed by atoms with Gasteiger partial charge in [0.15, 0.2) is 0 Å². The van der Waals surface area contributed by atoms with E-state index in [0.717, 1.165) is 37.0 Å². The summed E-state index contributed by atoms with van der Waals surface area (Å²) in [6, 6.07) is 7.59. The zero-order valence-corrected chi connectivity index (χ0v) is 17.2. The van der Waals surface area contributed by atoms with Crippen LogP contribution in [-0.4, -0.2) is 47.9 Å². The summed E-state index contributed by atoms with van der Waals surface area (Å²) < 4.78 is 12.7. The fourth-order valence-corrected chi connectivity index (χ4v) is 4.07. The first-order chi connectivity index (χ1) is 14.6. The molecule has 1 heterocycles. The molecule has 0 bridgehead atoms. The van der Waals surface area contributed by atoms with Crippen molar-refractivity contribution in [2.24, 2.45) is 0 Å². The monoisotopic (exact) mass is 407 g/mol. The Kier molecular flexibility index (Phi) is 6.12. The fourth-order valence-electron chi connectivity index (χ4n) is 4.07. The molecular formula is C24H27N2O4+. The Morgan fingerprint density at radius 1 is 1.20 bits per heavy atom. The minimum absolute atomic E-state index is 0.0113. The van der Waals surface area contributed by atoms with Crippen molar-refractivity contribution in [1.29, 1.82) is 0 Å². The van der Waals surface area contributed by atoms with Crippen LogP contribution in [0.1, 0.15) is 37.7 Å². The van der Waals surface area contributed by atoms with E-state index in [1.807, 2.05) is 48.6 Å². The number of nitrogens with zero attached hydrogens (tertiary/aromatic N) is 1. The van der Waals surface area contributed by atoms with Crippen LogP contribution < -0.4 is 10.1 Å². The van der Waals surface area contributed by atoms with Crippen molar-refractivity contribution in [3.8, 4) is 5.75 Å². The van der Waals surface area contributed by atoms with Gasteiger partial charge in [-0.3, -0.25) is 4.79 Å². The molecule has 1 aromatic rings. The number of benzene rings is 1. The van der Waals surface area contributed by atoms with Crippen molar-refractivity contribution in [1.82, 2.24) is 5.32 Å². The van der Waals surface area contributed by atoms with Gasteiger partial charge in [-0.25, -0.2) is 4.79 Å². The lowest BCUT2D eigenvalue weighted by atomic mass is 9.95. The van der Waals surface area contributed by atoms with Crippen molar-refractivity contribution >= 4 is 23.6 Å². The number of carbonyl (C=O) groups excluding carboxylic acids is 2. The second-order valence-electron chi connectivity index (χ2n) is 7.78. The van der Waals surface area contributed by atoms with Crippen LogP contribution in [0, 0.1) is 0 Å². The standard InChI is InChI=1S/C24H26N2O4/c1-29-19-13-11-17(12-14-19)15-22-24(28)26(20-9-5-6-10-21(20)30-22)16-23(27)25-18-7-3-2-4-8-18/h5-6,9-15,18,21H,2-4,7-8,16H2,1H3/p+1/b22-15-. The Bertz CT molecular complexity index is 934. The molecule has 1 aromatic carbocycles. The maximum absolute atomic E-state index is 13.2. The van der Waals surface area contributed by atoms with Crippen molar-refractivity contribution in [3.05, 3.63) is 59.9 Å². The van der Waals surface area contributed by atoms with Crippen LogP contribution in [0.2, 0.25) is 0 Å². The third kappa shape index (κ3) is 4.53. The van der Waals surface area contributed by atoms with E-state index >= 15 is 0 Å². The van der Waals surface area contributed by atoms with E-state index in [1.54, 1.807) is 13.2 Å². The molecule has 1 aliphatic heterocycles. The maximum Gasteiger partial charge on any atom is 0.455 e. The normalized spacial score (nSPS) is 22.6. The van der Waals surface area contributed by atoms with Gasteiger partial charge in [0.05, 0.1) is 7.11 Å². The molecule has 2 amide bonds. The van der Waals surface area contributed by atoms with Crippen molar-refractivity contribution in [2.75, 3.05) is 13.7 Å². The first-order valence-electron chi connectivity index (χ1n) is 10.5. The number of hydrogen-bond donors (Lipinski definition) is 1. The Morgan fingerprint density at radius 2 is 1.97 bits per heavy atom. The number of amides is 2. The number of ether oxygens (including phenoxy) is 2. The lowest BCUT2D eigenvalue weighted by Crippen LogP contribution is -2.48. The molecule has 1 unspecified atom stereocenters. The highest BCUT2D eigenvalue weighted by Crippen LogP contribution is 2.22. The van der Waals surface area contributed by atoms with Crippen LogP contribution in [0.25, 0.3) is 6.08 Å². The molecule has 0 spiro atoms. The molecule has 30 heavy (non-hydrogen) atoms. The Hall–Kier alpha value is -3.15. The summed E-state index contributed by atoms with van der Waals surface area (Å²) in [5, 5.41) is 3.10. The van der Waals surface area contributed by atoms with Crippen molar-refractivity contribution < 1.29 is 23.6 Å². The van der Waals surface area contributed by atoms with E-state index < -0.39 is 0 Å². The van der Waals surface area contributed by atoms with E-state index in [4.69, 9.17) is 9.47 Å². The number of allylic oxidation sites excluding steroid dienone is 2. The molecule has 1 N–H and O–H groups in total. The molecular weight excluding hydrogens is 380 g/mol. The smallest absolute Gasteiger partial charge is 0.455 e. The van der Waals surface area contributed by atoms with Crippen LogP contribution in [0.3, 0.4) is 0 Å². The van der Waals surface area contributed by atoms with Gasteiger partial charge in [-0.15, -0.1) is 4.58 Å². The van der Waals surface area contributed by atoms with Gasteiger partial charge in [0.25, 0.3) is 5.91 Å². The summed E-state index contributed by atoms with van der Waals surface area (Å²) in [4.78, 5) is 25.9. The number of hydrogen-bond acceptors (Lipinski definition) is 4. The molecule has 1 saturated carbocycles. The van der Waals surface area contributed by atoms with Gasteiger partial charge in [-0.2, -0.15) is 0 Å². The van der Waals surface area contributed by atoms with E-state index in [-0.39, 0.29) is 36.3 Å². The molecule has 0 radical (unpaired) electrons. The van der Waals surface area contributed by atoms with Gasteiger partial charge in [-0.05, 0) is 42.7 Å². The van der Waals surface area contributed by atoms with E-state index in [9.17, 15) is 9.59 Å². The predicted molar refractivity (Wildman–Crippen MR) is 114 cm³/mol. The SMILES string of the molecule is COc1ccc(/C=C2\OC3C=CC=CC3=[N+](CC(=O)NC3CCCCC3)C2=O)cc1. The number of fused-ring (bicyclic) bond motifs is 1. The number of carbonyl (C=O) groups is 2. The summed E-state index contributed by atoms with van der Waals surface area (Å²) in [5.41, 5.74) is 1.51. The highest BCUT2D eigenvalue weighted by atomic mass is 16.5.